The van der Waals surface area contributed by atoms with Crippen LogP contribution in [0.15, 0.2) is 47.5 Å². The molecule has 0 unspecified atom stereocenters. The molecule has 0 spiro atoms. The quantitative estimate of drug-likeness (QED) is 0.502. The van der Waals surface area contributed by atoms with Crippen LogP contribution in [0.25, 0.3) is 10.9 Å². The highest BCUT2D eigenvalue weighted by molar-refractivity contribution is 7.99. The van der Waals surface area contributed by atoms with E-state index in [0.717, 1.165) is 38.3 Å². The Balaban J connectivity index is 1.53. The van der Waals surface area contributed by atoms with Crippen LogP contribution >= 0.6 is 11.8 Å². The molecular formula is C22H20N2O2S. The number of carbonyl (C=O) groups is 2. The highest BCUT2D eigenvalue weighted by Gasteiger charge is 2.24. The first-order valence-electron chi connectivity index (χ1n) is 8.86. The summed E-state index contributed by atoms with van der Waals surface area (Å²) in [5, 5.41) is 2.01. The van der Waals surface area contributed by atoms with Crippen molar-refractivity contribution in [3.63, 3.8) is 0 Å². The maximum absolute atomic E-state index is 12.6. The van der Waals surface area contributed by atoms with Crippen LogP contribution in [0.2, 0.25) is 0 Å². The highest BCUT2D eigenvalue weighted by atomic mass is 32.2. The third-order valence-electron chi connectivity index (χ3n) is 5.05. The topological polar surface area (TPSA) is 50.3 Å². The maximum atomic E-state index is 12.6. The van der Waals surface area contributed by atoms with Gasteiger partial charge in [-0.3, -0.25) is 9.59 Å². The number of aryl methyl sites for hydroxylation is 2. The van der Waals surface area contributed by atoms with Crippen molar-refractivity contribution in [3.05, 3.63) is 64.7 Å². The van der Waals surface area contributed by atoms with E-state index in [9.17, 15) is 9.59 Å². The summed E-state index contributed by atoms with van der Waals surface area (Å²) < 4.78 is 0. The summed E-state index contributed by atoms with van der Waals surface area (Å²) in [7, 11) is 1.77. The van der Waals surface area contributed by atoms with Gasteiger partial charge in [-0.05, 0) is 54.8 Å². The average molecular weight is 376 g/mol. The van der Waals surface area contributed by atoms with Gasteiger partial charge in [-0.15, -0.1) is 0 Å². The standard InChI is InChI=1S/C22H20N2O2S/c1-13-5-4-6-17-14(2)9-20(23-22(13)17)27-12-19(25)15-7-8-18-16(10-15)11-21(26)24(18)3/h4-10H,11-12H2,1-3H3. The van der Waals surface area contributed by atoms with E-state index >= 15 is 0 Å². The number of hydrogen-bond donors (Lipinski definition) is 0. The molecule has 4 rings (SSSR count). The van der Waals surface area contributed by atoms with Gasteiger partial charge in [-0.1, -0.05) is 30.0 Å². The van der Waals surface area contributed by atoms with Gasteiger partial charge in [0.05, 0.1) is 22.7 Å². The summed E-state index contributed by atoms with van der Waals surface area (Å²) in [6.07, 6.45) is 0.366. The van der Waals surface area contributed by atoms with Gasteiger partial charge in [-0.2, -0.15) is 0 Å². The van der Waals surface area contributed by atoms with Crippen molar-refractivity contribution in [3.8, 4) is 0 Å². The Labute approximate surface area is 162 Å². The molecule has 0 N–H and O–H groups in total. The molecular weight excluding hydrogens is 356 g/mol. The third kappa shape index (κ3) is 3.23. The van der Waals surface area contributed by atoms with Gasteiger partial charge in [0, 0.05) is 23.7 Å². The predicted octanol–water partition coefficient (Wildman–Crippen LogP) is 4.35. The SMILES string of the molecule is Cc1cc(SCC(=O)c2ccc3c(c2)CC(=O)N3C)nc2c(C)cccc12. The Morgan fingerprint density at radius 3 is 2.78 bits per heavy atom. The number of nitrogens with zero attached hydrogens (tertiary/aromatic N) is 2. The third-order valence-corrected chi connectivity index (χ3v) is 5.97. The molecule has 136 valence electrons. The molecule has 27 heavy (non-hydrogen) atoms. The first kappa shape index (κ1) is 17.7. The lowest BCUT2D eigenvalue weighted by Gasteiger charge is -2.10. The molecule has 3 aromatic rings. The van der Waals surface area contributed by atoms with Gasteiger partial charge in [0.15, 0.2) is 5.78 Å². The minimum Gasteiger partial charge on any atom is -0.315 e. The number of benzene rings is 2. The number of ketones is 1. The number of rotatable bonds is 4. The number of carbonyl (C=O) groups excluding carboxylic acids is 2. The van der Waals surface area contributed by atoms with Crippen LogP contribution in [0.3, 0.4) is 0 Å². The minimum absolute atomic E-state index is 0.0501. The normalized spacial score (nSPS) is 13.3. The van der Waals surface area contributed by atoms with Crippen LogP contribution in [0.4, 0.5) is 5.69 Å². The molecule has 5 heteroatoms. The van der Waals surface area contributed by atoms with E-state index in [1.54, 1.807) is 18.0 Å². The van der Waals surface area contributed by atoms with Gasteiger partial charge in [0.2, 0.25) is 5.91 Å². The molecule has 0 saturated heterocycles. The lowest BCUT2D eigenvalue weighted by Crippen LogP contribution is -2.20. The Kier molecular flexibility index (Phi) is 4.48. The summed E-state index contributed by atoms with van der Waals surface area (Å²) in [6.45, 7) is 4.13. The zero-order valence-corrected chi connectivity index (χ0v) is 16.4. The van der Waals surface area contributed by atoms with Crippen LogP contribution in [0.1, 0.15) is 27.0 Å². The average Bonchev–Trinajstić information content (AvgIpc) is 2.94. The predicted molar refractivity (Wildman–Crippen MR) is 110 cm³/mol. The van der Waals surface area contributed by atoms with E-state index in [-0.39, 0.29) is 11.7 Å². The maximum Gasteiger partial charge on any atom is 0.231 e. The zero-order chi connectivity index (χ0) is 19.1. The molecule has 0 saturated carbocycles. The fourth-order valence-corrected chi connectivity index (χ4v) is 4.33. The number of hydrogen-bond acceptors (Lipinski definition) is 4. The number of aromatic nitrogens is 1. The number of pyridine rings is 1. The van der Waals surface area contributed by atoms with E-state index in [0.29, 0.717) is 17.7 Å². The number of Topliss-reactive ketones (excluding diaryl/α,β-unsaturated/α-hetero) is 1. The van der Waals surface area contributed by atoms with E-state index in [1.165, 1.54) is 11.8 Å². The lowest BCUT2D eigenvalue weighted by molar-refractivity contribution is -0.117. The largest absolute Gasteiger partial charge is 0.315 e. The molecule has 1 aromatic heterocycles. The Morgan fingerprint density at radius 1 is 1.15 bits per heavy atom. The van der Waals surface area contributed by atoms with E-state index in [1.807, 2.05) is 24.3 Å². The molecule has 1 amide bonds. The second-order valence-corrected chi connectivity index (χ2v) is 7.93. The van der Waals surface area contributed by atoms with Gasteiger partial charge < -0.3 is 4.90 Å². The van der Waals surface area contributed by atoms with Gasteiger partial charge in [-0.25, -0.2) is 4.98 Å². The number of fused-ring (bicyclic) bond motifs is 2. The Hall–Kier alpha value is -2.66. The number of amides is 1. The summed E-state index contributed by atoms with van der Waals surface area (Å²) in [5.74, 6) is 0.441. The van der Waals surface area contributed by atoms with Crippen molar-refractivity contribution < 1.29 is 9.59 Å². The molecule has 0 aliphatic carbocycles. The fourth-order valence-electron chi connectivity index (χ4n) is 3.47. The monoisotopic (exact) mass is 376 g/mol. The minimum atomic E-state index is 0.0501. The van der Waals surface area contributed by atoms with Crippen LogP contribution in [0.5, 0.6) is 0 Å². The molecule has 1 aliphatic heterocycles. The van der Waals surface area contributed by atoms with Crippen LogP contribution in [-0.2, 0) is 11.2 Å². The van der Waals surface area contributed by atoms with Crippen molar-refractivity contribution in [2.75, 3.05) is 17.7 Å². The highest BCUT2D eigenvalue weighted by Crippen LogP contribution is 2.30. The van der Waals surface area contributed by atoms with E-state index in [2.05, 4.69) is 26.0 Å². The number of thioether (sulfide) groups is 1. The molecule has 4 nitrogen and oxygen atoms in total. The van der Waals surface area contributed by atoms with Crippen LogP contribution < -0.4 is 4.90 Å². The smallest absolute Gasteiger partial charge is 0.231 e. The summed E-state index contributed by atoms with van der Waals surface area (Å²) in [5.41, 5.74) is 5.76. The van der Waals surface area contributed by atoms with Gasteiger partial charge in [0.25, 0.3) is 0 Å². The van der Waals surface area contributed by atoms with Crippen molar-refractivity contribution in [2.24, 2.45) is 0 Å². The van der Waals surface area contributed by atoms with E-state index < -0.39 is 0 Å². The molecule has 0 radical (unpaired) electrons. The lowest BCUT2D eigenvalue weighted by atomic mass is 10.1. The fraction of sp³-hybridized carbons (Fsp3) is 0.227. The number of para-hydroxylation sites is 1. The van der Waals surface area contributed by atoms with Gasteiger partial charge in [0.1, 0.15) is 0 Å². The van der Waals surface area contributed by atoms with Crippen molar-refractivity contribution >= 4 is 40.0 Å². The Bertz CT molecular complexity index is 1090. The first-order valence-corrected chi connectivity index (χ1v) is 9.85. The summed E-state index contributed by atoms with van der Waals surface area (Å²) >= 11 is 1.46. The molecule has 2 aromatic carbocycles. The Morgan fingerprint density at radius 2 is 1.96 bits per heavy atom. The van der Waals surface area contributed by atoms with E-state index in [4.69, 9.17) is 4.98 Å². The summed E-state index contributed by atoms with van der Waals surface area (Å²) in [6, 6.07) is 13.7. The molecule has 1 aliphatic rings. The van der Waals surface area contributed by atoms with Crippen molar-refractivity contribution in [1.29, 1.82) is 0 Å². The zero-order valence-electron chi connectivity index (χ0n) is 15.6. The molecule has 0 fully saturated rings. The van der Waals surface area contributed by atoms with Crippen LogP contribution in [0, 0.1) is 13.8 Å². The first-order chi connectivity index (χ1) is 12.9. The van der Waals surface area contributed by atoms with Gasteiger partial charge >= 0.3 is 0 Å². The number of anilines is 1. The number of likely N-dealkylation sites (N-methyl/N-ethyl adjacent to an activating group) is 1. The molecule has 2 heterocycles. The molecule has 0 bridgehead atoms. The second-order valence-electron chi connectivity index (χ2n) is 6.93. The molecule has 0 atom stereocenters. The summed E-state index contributed by atoms with van der Waals surface area (Å²) in [4.78, 5) is 30.8. The van der Waals surface area contributed by atoms with Crippen molar-refractivity contribution in [2.45, 2.75) is 25.3 Å². The van der Waals surface area contributed by atoms with Crippen molar-refractivity contribution in [1.82, 2.24) is 4.98 Å². The van der Waals surface area contributed by atoms with Crippen LogP contribution in [-0.4, -0.2) is 29.5 Å². The second kappa shape index (κ2) is 6.82.